The minimum Gasteiger partial charge on any atom is -0.499 e. The molecule has 11 fully saturated rings. The molecule has 1 N–H and O–H groups in total. The van der Waals surface area contributed by atoms with Crippen molar-refractivity contribution in [2.75, 3.05) is 46.8 Å². The summed E-state index contributed by atoms with van der Waals surface area (Å²) in [4.78, 5) is 83.0. The van der Waals surface area contributed by atoms with E-state index in [0.29, 0.717) is 94.6 Å². The Morgan fingerprint density at radius 2 is 1.08 bits per heavy atom. The van der Waals surface area contributed by atoms with Gasteiger partial charge >= 0.3 is 41.8 Å². The molecule has 0 bridgehead atoms. The van der Waals surface area contributed by atoms with Crippen LogP contribution in [0.2, 0.25) is 0 Å². The highest BCUT2D eigenvalue weighted by molar-refractivity contribution is 5.81. The third-order valence-electron chi connectivity index (χ3n) is 14.7. The minimum absolute atomic E-state index is 0. The van der Waals surface area contributed by atoms with Gasteiger partial charge < -0.3 is 57.2 Å². The van der Waals surface area contributed by atoms with Gasteiger partial charge in [0, 0.05) is 64.1 Å². The summed E-state index contributed by atoms with van der Waals surface area (Å²) in [6.45, 7) is 33.3. The van der Waals surface area contributed by atoms with Gasteiger partial charge in [0.25, 0.3) is 0 Å². The maximum atomic E-state index is 10.9. The first-order valence-corrected chi connectivity index (χ1v) is 30.9. The molecule has 0 aromatic heterocycles. The van der Waals surface area contributed by atoms with E-state index in [1.807, 2.05) is 48.5 Å². The summed E-state index contributed by atoms with van der Waals surface area (Å²) in [5.41, 5.74) is -0.811. The van der Waals surface area contributed by atoms with E-state index in [9.17, 15) is 43.5 Å². The van der Waals surface area contributed by atoms with Crippen LogP contribution in [0.1, 0.15) is 225 Å². The molecule has 1 aliphatic carbocycles. The van der Waals surface area contributed by atoms with Crippen molar-refractivity contribution in [3.05, 3.63) is 24.7 Å². The monoisotopic (exact) mass is 1210 g/mol. The van der Waals surface area contributed by atoms with Crippen LogP contribution < -0.4 is 0 Å². The van der Waals surface area contributed by atoms with Crippen molar-refractivity contribution in [3.8, 4) is 0 Å². The zero-order valence-corrected chi connectivity index (χ0v) is 53.3. The van der Waals surface area contributed by atoms with Crippen molar-refractivity contribution >= 4 is 47.6 Å². The van der Waals surface area contributed by atoms with Crippen molar-refractivity contribution in [1.82, 2.24) is 0 Å². The van der Waals surface area contributed by atoms with Gasteiger partial charge in [0.2, 0.25) is 0 Å². The van der Waals surface area contributed by atoms with Gasteiger partial charge in [0.15, 0.2) is 6.29 Å². The van der Waals surface area contributed by atoms with Crippen molar-refractivity contribution in [1.29, 1.82) is 0 Å². The quantitative estimate of drug-likeness (QED) is 0.199. The first kappa shape index (κ1) is 79.9. The number of esters is 7. The number of ether oxygens (including phenoxy) is 11. The summed E-state index contributed by atoms with van der Waals surface area (Å²) in [6.07, 6.45) is 20.8. The molecule has 10 heterocycles. The normalized spacial score (nSPS) is 31.0. The number of hydrogen-bond donors (Lipinski definition) is 1. The summed E-state index contributed by atoms with van der Waals surface area (Å²) in [7, 11) is 1.69. The lowest BCUT2D eigenvalue weighted by Gasteiger charge is -2.33. The van der Waals surface area contributed by atoms with Crippen molar-refractivity contribution < 1.29 is 95.6 Å². The van der Waals surface area contributed by atoms with E-state index in [1.165, 1.54) is 25.7 Å². The Morgan fingerprint density at radius 3 is 1.35 bits per heavy atom. The Labute approximate surface area is 509 Å². The van der Waals surface area contributed by atoms with E-state index >= 15 is 0 Å². The average Bonchev–Trinajstić information content (AvgIpc) is 4.37. The molecule has 11 rings (SSSR count). The molecule has 0 spiro atoms. The van der Waals surface area contributed by atoms with Gasteiger partial charge in [-0.3, -0.25) is 38.4 Å². The molecule has 0 radical (unpaired) electrons. The molecule has 85 heavy (non-hydrogen) atoms. The smallest absolute Gasteiger partial charge is 0.312 e. The van der Waals surface area contributed by atoms with Crippen LogP contribution in [0.5, 0.6) is 0 Å². The fraction of sp³-hybridized carbons (Fsp3) is 0.815. The van der Waals surface area contributed by atoms with Crippen LogP contribution in [-0.4, -0.2) is 136 Å². The second kappa shape index (κ2) is 45.2. The molecule has 12 atom stereocenters. The Kier molecular flexibility index (Phi) is 42.5. The molecule has 20 heteroatoms. The third kappa shape index (κ3) is 40.1. The lowest BCUT2D eigenvalue weighted by molar-refractivity contribution is -0.169. The molecule has 10 saturated heterocycles. The molecule has 20 nitrogen and oxygen atoms in total. The SMILES string of the molecule is C.C=C1CC(C)CCO1.C=C1CCC(C)O1.CC1CC(=O)O1.CC1CCC(=O)OC1.CC1CCCC(=O)O1.CC1CCCCC1=O.CC1CCOC1=O.CC1COC(=O)C1.CC1COC1=O.CCC1(O)CC(=O)OC(C)C1.COC1CCCCO1. The van der Waals surface area contributed by atoms with Crippen molar-refractivity contribution in [2.24, 2.45) is 35.5 Å². The Bertz CT molecular complexity index is 1910. The van der Waals surface area contributed by atoms with Gasteiger partial charge in [0.05, 0.1) is 86.9 Å². The second-order valence-electron chi connectivity index (χ2n) is 23.8. The van der Waals surface area contributed by atoms with Crippen molar-refractivity contribution in [3.63, 3.8) is 0 Å². The predicted octanol–water partition coefficient (Wildman–Crippen LogP) is 11.8. The third-order valence-corrected chi connectivity index (χ3v) is 14.7. The van der Waals surface area contributed by atoms with E-state index in [4.69, 9.17) is 33.2 Å². The number of aliphatic hydroxyl groups is 1. The first-order chi connectivity index (χ1) is 39.6. The molecule has 1 saturated carbocycles. The topological polar surface area (TPSA) is 258 Å². The average molecular weight is 1210 g/mol. The number of cyclic esters (lactones) is 7. The van der Waals surface area contributed by atoms with Gasteiger partial charge in [-0.15, -0.1) is 0 Å². The molecule has 10 aliphatic heterocycles. The van der Waals surface area contributed by atoms with Crippen LogP contribution in [-0.2, 0) is 90.5 Å². The summed E-state index contributed by atoms with van der Waals surface area (Å²) in [6, 6.07) is 0. The largest absolute Gasteiger partial charge is 0.499 e. The number of methoxy groups -OCH3 is 1. The maximum Gasteiger partial charge on any atom is 0.312 e. The first-order valence-electron chi connectivity index (χ1n) is 30.9. The lowest BCUT2D eigenvalue weighted by Crippen LogP contribution is -2.41. The van der Waals surface area contributed by atoms with Gasteiger partial charge in [0.1, 0.15) is 24.6 Å². The molecule has 0 aromatic rings. The molecule has 11 aliphatic rings. The highest BCUT2D eigenvalue weighted by Crippen LogP contribution is 2.28. The van der Waals surface area contributed by atoms with E-state index in [-0.39, 0.29) is 92.1 Å². The second-order valence-corrected chi connectivity index (χ2v) is 23.8. The van der Waals surface area contributed by atoms with E-state index in [0.717, 1.165) is 101 Å². The van der Waals surface area contributed by atoms with E-state index in [1.54, 1.807) is 14.0 Å². The van der Waals surface area contributed by atoms with Crippen LogP contribution in [0.4, 0.5) is 0 Å². The fourth-order valence-electron chi connectivity index (χ4n) is 8.86. The van der Waals surface area contributed by atoms with Crippen LogP contribution in [0, 0.1) is 35.5 Å². The minimum atomic E-state index is -0.811. The molecule has 492 valence electrons. The van der Waals surface area contributed by atoms with Gasteiger partial charge in [-0.1, -0.05) is 68.5 Å². The summed E-state index contributed by atoms with van der Waals surface area (Å²) in [5, 5.41) is 9.72. The molecule has 12 unspecified atom stereocenters. The standard InChI is InChI=1S/C8H14O3.2C7H12O.C6H10O2.C6H12O2.C6H10O2.C6H10O.2C5H8O2.2C4H6O2.CH4/c1-3-8(10)4-6(2)11-7(9)5-8;1-6-3-4-8-7(2)5-6;1-6-4-2-3-5-7(6)8;1-5-2-3-6(7)8-4-5;1-7-6-4-2-3-5-8-6;1-5-3-2-4-6(7)8-5;1-5-3-4-6(2)7-5;1-4-2-5(6)7-3-4;1-4-2-3-7-5(4)6;1-3-2-6-4(3)5;1-3-2-4(5)6-3;/h6,10H,3-5H2,1-2H3;2*6H,2-5H2,1H3;5H,2-4H2,1H3;6H,2-5H2,1H3;5H,2-4H2,1H3;6H,1,3-4H2,2H3;2*4H,2-3H2,1H3;2*3H,2H2,1H3;1H4. The maximum absolute atomic E-state index is 10.9. The van der Waals surface area contributed by atoms with E-state index in [2.05, 4.69) is 52.9 Å². The summed E-state index contributed by atoms with van der Waals surface area (Å²) < 4.78 is 53.1. The van der Waals surface area contributed by atoms with Gasteiger partial charge in [-0.2, -0.15) is 0 Å². The fourth-order valence-corrected chi connectivity index (χ4v) is 8.86. The Morgan fingerprint density at radius 1 is 0.471 bits per heavy atom. The van der Waals surface area contributed by atoms with Crippen LogP contribution >= 0.6 is 0 Å². The van der Waals surface area contributed by atoms with Crippen LogP contribution in [0.3, 0.4) is 0 Å². The number of Topliss-reactive ketones (excluding diaryl/α,β-unsaturated/α-hetero) is 1. The Hall–Kier alpha value is -5.08. The van der Waals surface area contributed by atoms with Crippen molar-refractivity contribution in [2.45, 2.75) is 261 Å². The molecular weight excluding hydrogens is 1100 g/mol. The highest BCUT2D eigenvalue weighted by atomic mass is 16.7. The predicted molar refractivity (Wildman–Crippen MR) is 321 cm³/mol. The number of ketones is 1. The van der Waals surface area contributed by atoms with Crippen LogP contribution in [0.15, 0.2) is 24.7 Å². The number of rotatable bonds is 2. The molecule has 0 amide bonds. The van der Waals surface area contributed by atoms with Gasteiger partial charge in [-0.05, 0) is 124 Å². The lowest BCUT2D eigenvalue weighted by atomic mass is 9.88. The number of hydrogen-bond acceptors (Lipinski definition) is 20. The summed E-state index contributed by atoms with van der Waals surface area (Å²) in [5.74, 6) is 4.31. The zero-order chi connectivity index (χ0) is 63.2. The van der Waals surface area contributed by atoms with Crippen LogP contribution in [0.25, 0.3) is 0 Å². The van der Waals surface area contributed by atoms with E-state index < -0.39 is 5.60 Å². The zero-order valence-electron chi connectivity index (χ0n) is 53.3. The number of carbonyl (C=O) groups is 8. The highest BCUT2D eigenvalue weighted by Gasteiger charge is 2.36. The number of carbonyl (C=O) groups excluding carboxylic acids is 8. The summed E-state index contributed by atoms with van der Waals surface area (Å²) >= 11 is 0. The molecule has 0 aromatic carbocycles. The molecular formula is C65H112O20. The van der Waals surface area contributed by atoms with Gasteiger partial charge in [-0.25, -0.2) is 0 Å². The number of allylic oxidation sites excluding steroid dienone is 2. The Balaban J connectivity index is 0.000000915.